The van der Waals surface area contributed by atoms with Gasteiger partial charge in [0.2, 0.25) is 5.91 Å². The fourth-order valence-corrected chi connectivity index (χ4v) is 3.82. The Kier molecular flexibility index (Phi) is 7.20. The summed E-state index contributed by atoms with van der Waals surface area (Å²) in [5, 5.41) is 5.46. The largest absolute Gasteiger partial charge is 0.345 e. The van der Waals surface area contributed by atoms with Gasteiger partial charge in [-0.3, -0.25) is 24.1 Å². The quantitative estimate of drug-likeness (QED) is 0.377. The number of amides is 6. The van der Waals surface area contributed by atoms with Gasteiger partial charge in [0.05, 0.1) is 23.8 Å². The van der Waals surface area contributed by atoms with E-state index in [0.717, 1.165) is 10.5 Å². The molecule has 0 aromatic heterocycles. The van der Waals surface area contributed by atoms with E-state index in [2.05, 4.69) is 10.6 Å². The van der Waals surface area contributed by atoms with Crippen molar-refractivity contribution in [1.29, 1.82) is 0 Å². The summed E-state index contributed by atoms with van der Waals surface area (Å²) in [6.07, 6.45) is 0. The Hall–Kier alpha value is -4.79. The summed E-state index contributed by atoms with van der Waals surface area (Å²) < 4.78 is 0. The van der Waals surface area contributed by atoms with Crippen molar-refractivity contribution in [1.82, 2.24) is 15.1 Å². The maximum Gasteiger partial charge on any atom is 0.335 e. The van der Waals surface area contributed by atoms with E-state index in [9.17, 15) is 24.0 Å². The molecule has 0 saturated carbocycles. The Morgan fingerprint density at radius 2 is 1.36 bits per heavy atom. The number of rotatable bonds is 8. The van der Waals surface area contributed by atoms with Gasteiger partial charge in [0.25, 0.3) is 5.91 Å². The highest BCUT2D eigenvalue weighted by Crippen LogP contribution is 2.19. The molecule has 4 rings (SSSR count). The summed E-state index contributed by atoms with van der Waals surface area (Å²) in [6, 6.07) is 23.4. The predicted molar refractivity (Wildman–Crippen MR) is 131 cm³/mol. The van der Waals surface area contributed by atoms with Gasteiger partial charge in [-0.15, -0.1) is 0 Å². The number of carbonyl (C=O) groups excluding carboxylic acids is 5. The second kappa shape index (κ2) is 10.6. The monoisotopic (exact) mass is 484 g/mol. The van der Waals surface area contributed by atoms with Crippen molar-refractivity contribution in [3.05, 3.63) is 102 Å². The molecule has 0 spiro atoms. The van der Waals surface area contributed by atoms with E-state index in [4.69, 9.17) is 0 Å². The van der Waals surface area contributed by atoms with Crippen molar-refractivity contribution in [2.45, 2.75) is 19.5 Å². The molecule has 1 unspecified atom stereocenters. The molecule has 0 radical (unpaired) electrons. The number of anilines is 1. The van der Waals surface area contributed by atoms with Crippen LogP contribution in [0, 0.1) is 0 Å². The lowest BCUT2D eigenvalue weighted by Crippen LogP contribution is -2.39. The van der Waals surface area contributed by atoms with Crippen LogP contribution in [0.25, 0.3) is 0 Å². The lowest BCUT2D eigenvalue weighted by atomic mass is 10.1. The van der Waals surface area contributed by atoms with Crippen LogP contribution in [0.2, 0.25) is 0 Å². The topological polar surface area (TPSA) is 116 Å². The molecule has 9 heteroatoms. The number of hydrogen-bond acceptors (Lipinski definition) is 5. The minimum Gasteiger partial charge on any atom is -0.345 e. The van der Waals surface area contributed by atoms with Crippen LogP contribution in [0.1, 0.15) is 34.5 Å². The van der Waals surface area contributed by atoms with Gasteiger partial charge in [-0.1, -0.05) is 72.8 Å². The Bertz CT molecular complexity index is 1310. The molecule has 1 aliphatic rings. The molecular weight excluding hydrogens is 460 g/mol. The number of para-hydroxylation sites is 1. The van der Waals surface area contributed by atoms with Crippen LogP contribution in [-0.2, 0) is 20.9 Å². The maximum absolute atomic E-state index is 12.9. The predicted octanol–water partition coefficient (Wildman–Crippen LogP) is 3.11. The van der Waals surface area contributed by atoms with E-state index in [0.29, 0.717) is 10.5 Å². The van der Waals surface area contributed by atoms with Gasteiger partial charge >= 0.3 is 17.8 Å². The summed E-state index contributed by atoms with van der Waals surface area (Å²) in [7, 11) is 0. The second-order valence-electron chi connectivity index (χ2n) is 8.25. The van der Waals surface area contributed by atoms with E-state index in [1.165, 1.54) is 0 Å². The van der Waals surface area contributed by atoms with E-state index in [-0.39, 0.29) is 23.8 Å². The first-order valence-electron chi connectivity index (χ1n) is 11.3. The fraction of sp³-hybridized carbons (Fsp3) is 0.148. The van der Waals surface area contributed by atoms with Crippen molar-refractivity contribution in [2.75, 3.05) is 11.9 Å². The van der Waals surface area contributed by atoms with Crippen LogP contribution in [0.15, 0.2) is 84.9 Å². The molecule has 6 amide bonds. The highest BCUT2D eigenvalue weighted by atomic mass is 16.2. The van der Waals surface area contributed by atoms with Crippen LogP contribution >= 0.6 is 0 Å². The molecule has 0 aliphatic carbocycles. The van der Waals surface area contributed by atoms with Crippen LogP contribution in [0.3, 0.4) is 0 Å². The average Bonchev–Trinajstić information content (AvgIpc) is 3.08. The van der Waals surface area contributed by atoms with Crippen molar-refractivity contribution in [3.63, 3.8) is 0 Å². The third kappa shape index (κ3) is 5.30. The lowest BCUT2D eigenvalue weighted by Gasteiger charge is -2.18. The van der Waals surface area contributed by atoms with Crippen molar-refractivity contribution in [2.24, 2.45) is 0 Å². The highest BCUT2D eigenvalue weighted by molar-refractivity contribution is 6.45. The summed E-state index contributed by atoms with van der Waals surface area (Å²) in [4.78, 5) is 64.5. The zero-order valence-electron chi connectivity index (χ0n) is 19.5. The highest BCUT2D eigenvalue weighted by Gasteiger charge is 2.45. The van der Waals surface area contributed by atoms with Crippen LogP contribution in [0.5, 0.6) is 0 Å². The van der Waals surface area contributed by atoms with E-state index >= 15 is 0 Å². The minimum atomic E-state index is -1.08. The molecule has 1 atom stereocenters. The fourth-order valence-electron chi connectivity index (χ4n) is 3.82. The number of nitrogens with zero attached hydrogens (tertiary/aromatic N) is 2. The number of imide groups is 2. The molecule has 36 heavy (non-hydrogen) atoms. The van der Waals surface area contributed by atoms with Gasteiger partial charge in [0.15, 0.2) is 0 Å². The van der Waals surface area contributed by atoms with Gasteiger partial charge < -0.3 is 10.6 Å². The van der Waals surface area contributed by atoms with Crippen molar-refractivity contribution >= 4 is 35.3 Å². The van der Waals surface area contributed by atoms with Crippen molar-refractivity contribution < 1.29 is 24.0 Å². The van der Waals surface area contributed by atoms with Crippen LogP contribution < -0.4 is 10.6 Å². The van der Waals surface area contributed by atoms with Gasteiger partial charge in [0.1, 0.15) is 6.54 Å². The van der Waals surface area contributed by atoms with Crippen LogP contribution in [-0.4, -0.2) is 46.0 Å². The Labute approximate surface area is 207 Å². The summed E-state index contributed by atoms with van der Waals surface area (Å²) >= 11 is 0. The third-order valence-electron chi connectivity index (χ3n) is 5.71. The summed E-state index contributed by atoms with van der Waals surface area (Å²) in [5.41, 5.74) is 2.02. The zero-order valence-corrected chi connectivity index (χ0v) is 19.5. The summed E-state index contributed by atoms with van der Waals surface area (Å²) in [5.74, 6) is -3.19. The summed E-state index contributed by atoms with van der Waals surface area (Å²) in [6.45, 7) is 1.10. The molecule has 1 aliphatic heterocycles. The minimum absolute atomic E-state index is 0.0784. The second-order valence-corrected chi connectivity index (χ2v) is 8.25. The maximum atomic E-state index is 12.9. The van der Waals surface area contributed by atoms with Gasteiger partial charge in [0, 0.05) is 0 Å². The normalized spacial score (nSPS) is 14.1. The number of nitrogens with one attached hydrogen (secondary N) is 2. The Morgan fingerprint density at radius 1 is 0.778 bits per heavy atom. The number of hydrogen-bond donors (Lipinski definition) is 2. The number of carbonyl (C=O) groups is 5. The van der Waals surface area contributed by atoms with E-state index < -0.39 is 36.2 Å². The zero-order chi connectivity index (χ0) is 25.7. The molecule has 0 bridgehead atoms. The first kappa shape index (κ1) is 24.3. The van der Waals surface area contributed by atoms with Crippen molar-refractivity contribution in [3.8, 4) is 0 Å². The number of urea groups is 1. The standard InChI is InChI=1S/C27H24N4O5/c1-18(20-12-6-3-7-13-20)28-24(33)21-14-8-9-15-22(21)29-23(32)17-31-26(35)25(34)30(27(31)36)16-19-10-4-2-5-11-19/h2-15,18H,16-17H2,1H3,(H,28,33)(H,29,32). The average molecular weight is 485 g/mol. The third-order valence-corrected chi connectivity index (χ3v) is 5.71. The van der Waals surface area contributed by atoms with Gasteiger partial charge in [-0.05, 0) is 30.2 Å². The molecule has 9 nitrogen and oxygen atoms in total. The smallest absolute Gasteiger partial charge is 0.335 e. The SMILES string of the molecule is CC(NC(=O)c1ccccc1NC(=O)CN1C(=O)C(=O)N(Cc2ccccc2)C1=O)c1ccccc1. The molecule has 1 fully saturated rings. The lowest BCUT2D eigenvalue weighted by molar-refractivity contribution is -0.143. The first-order chi connectivity index (χ1) is 17.3. The number of benzene rings is 3. The molecular formula is C27H24N4O5. The van der Waals surface area contributed by atoms with Crippen LogP contribution in [0.4, 0.5) is 10.5 Å². The van der Waals surface area contributed by atoms with Gasteiger partial charge in [-0.2, -0.15) is 0 Å². The molecule has 1 heterocycles. The van der Waals surface area contributed by atoms with E-state index in [1.54, 1.807) is 54.6 Å². The van der Waals surface area contributed by atoms with Gasteiger partial charge in [-0.25, -0.2) is 9.69 Å². The molecule has 3 aromatic carbocycles. The first-order valence-corrected chi connectivity index (χ1v) is 11.3. The Balaban J connectivity index is 1.42. The molecule has 2 N–H and O–H groups in total. The molecule has 182 valence electrons. The molecule has 1 saturated heterocycles. The molecule has 3 aromatic rings. The van der Waals surface area contributed by atoms with E-state index in [1.807, 2.05) is 37.3 Å². The Morgan fingerprint density at radius 3 is 2.06 bits per heavy atom.